The second-order valence-electron chi connectivity index (χ2n) is 3.85. The van der Waals surface area contributed by atoms with Crippen molar-refractivity contribution in [1.29, 1.82) is 0 Å². The van der Waals surface area contributed by atoms with Gasteiger partial charge in [0.05, 0.1) is 5.71 Å². The van der Waals surface area contributed by atoms with Crippen LogP contribution in [0.3, 0.4) is 0 Å². The summed E-state index contributed by atoms with van der Waals surface area (Å²) in [4.78, 5) is 6.59. The first kappa shape index (κ1) is 9.96. The van der Waals surface area contributed by atoms with Gasteiger partial charge in [0, 0.05) is 32.1 Å². The van der Waals surface area contributed by atoms with E-state index < -0.39 is 0 Å². The number of aryl methyl sites for hydroxylation is 1. The molecule has 0 bridgehead atoms. The van der Waals surface area contributed by atoms with Crippen LogP contribution in [0.4, 0.5) is 5.82 Å². The first-order valence-electron chi connectivity index (χ1n) is 5.17. The van der Waals surface area contributed by atoms with Crippen molar-refractivity contribution in [2.45, 2.75) is 19.8 Å². The molecular weight excluding hydrogens is 190 g/mol. The van der Waals surface area contributed by atoms with Crippen molar-refractivity contribution in [2.75, 3.05) is 18.0 Å². The van der Waals surface area contributed by atoms with Gasteiger partial charge in [-0.3, -0.25) is 0 Å². The van der Waals surface area contributed by atoms with Gasteiger partial charge in [-0.25, -0.2) is 4.98 Å². The van der Waals surface area contributed by atoms with Gasteiger partial charge in [-0.2, -0.15) is 0 Å². The predicted molar refractivity (Wildman–Crippen MR) is 59.6 cm³/mol. The standard InChI is InChI=1S/C11H15N3O/c1-9-2-3-11(12-8-9)14-6-4-10(13-15)5-7-14/h2-3,8,15H,4-7H2,1H3. The highest BCUT2D eigenvalue weighted by atomic mass is 16.4. The zero-order valence-electron chi connectivity index (χ0n) is 8.85. The van der Waals surface area contributed by atoms with Crippen molar-refractivity contribution in [1.82, 2.24) is 4.98 Å². The van der Waals surface area contributed by atoms with E-state index in [1.54, 1.807) is 0 Å². The minimum absolute atomic E-state index is 0.825. The minimum Gasteiger partial charge on any atom is -0.411 e. The normalized spacial score (nSPS) is 16.6. The number of rotatable bonds is 1. The van der Waals surface area contributed by atoms with E-state index in [0.717, 1.165) is 37.5 Å². The van der Waals surface area contributed by atoms with Crippen LogP contribution in [0.15, 0.2) is 23.5 Å². The zero-order valence-corrected chi connectivity index (χ0v) is 8.85. The highest BCUT2D eigenvalue weighted by molar-refractivity contribution is 5.85. The van der Waals surface area contributed by atoms with Crippen LogP contribution in [0, 0.1) is 6.92 Å². The molecule has 0 unspecified atom stereocenters. The Morgan fingerprint density at radius 2 is 2.07 bits per heavy atom. The van der Waals surface area contributed by atoms with Gasteiger partial charge in [0.1, 0.15) is 5.82 Å². The Bertz CT molecular complexity index is 349. The molecule has 1 saturated heterocycles. The highest BCUT2D eigenvalue weighted by Crippen LogP contribution is 2.16. The molecule has 0 aromatic carbocycles. The summed E-state index contributed by atoms with van der Waals surface area (Å²) in [5.41, 5.74) is 2.06. The Labute approximate surface area is 89.2 Å². The zero-order chi connectivity index (χ0) is 10.7. The highest BCUT2D eigenvalue weighted by Gasteiger charge is 2.16. The number of oxime groups is 1. The van der Waals surface area contributed by atoms with Gasteiger partial charge < -0.3 is 10.1 Å². The van der Waals surface area contributed by atoms with E-state index in [-0.39, 0.29) is 0 Å². The molecule has 4 heteroatoms. The van der Waals surface area contributed by atoms with Crippen LogP contribution in [0.2, 0.25) is 0 Å². The number of nitrogens with zero attached hydrogens (tertiary/aromatic N) is 3. The van der Waals surface area contributed by atoms with Crippen LogP contribution in [0.25, 0.3) is 0 Å². The van der Waals surface area contributed by atoms with Gasteiger partial charge in [-0.1, -0.05) is 11.2 Å². The largest absolute Gasteiger partial charge is 0.411 e. The Morgan fingerprint density at radius 3 is 2.60 bits per heavy atom. The maximum Gasteiger partial charge on any atom is 0.128 e. The van der Waals surface area contributed by atoms with Gasteiger partial charge >= 0.3 is 0 Å². The molecule has 1 fully saturated rings. The molecule has 1 aliphatic rings. The molecule has 0 saturated carbocycles. The monoisotopic (exact) mass is 205 g/mol. The fourth-order valence-electron chi connectivity index (χ4n) is 1.74. The van der Waals surface area contributed by atoms with E-state index in [4.69, 9.17) is 5.21 Å². The summed E-state index contributed by atoms with van der Waals surface area (Å²) in [5, 5.41) is 11.9. The van der Waals surface area contributed by atoms with Crippen molar-refractivity contribution in [3.8, 4) is 0 Å². The molecule has 15 heavy (non-hydrogen) atoms. The topological polar surface area (TPSA) is 48.7 Å². The Kier molecular flexibility index (Phi) is 2.85. The summed E-state index contributed by atoms with van der Waals surface area (Å²) in [6.45, 7) is 3.80. The SMILES string of the molecule is Cc1ccc(N2CCC(=NO)CC2)nc1. The molecule has 0 atom stereocenters. The molecule has 4 nitrogen and oxygen atoms in total. The fourth-order valence-corrected chi connectivity index (χ4v) is 1.74. The lowest BCUT2D eigenvalue weighted by Gasteiger charge is -2.28. The lowest BCUT2D eigenvalue weighted by atomic mass is 10.1. The molecule has 0 amide bonds. The van der Waals surface area contributed by atoms with Crippen LogP contribution < -0.4 is 4.90 Å². The quantitative estimate of drug-likeness (QED) is 0.562. The third-order valence-corrected chi connectivity index (χ3v) is 2.70. The second kappa shape index (κ2) is 4.29. The Morgan fingerprint density at radius 1 is 1.33 bits per heavy atom. The van der Waals surface area contributed by atoms with E-state index >= 15 is 0 Å². The van der Waals surface area contributed by atoms with E-state index in [0.29, 0.717) is 0 Å². The van der Waals surface area contributed by atoms with E-state index in [9.17, 15) is 0 Å². The van der Waals surface area contributed by atoms with Gasteiger partial charge in [0.15, 0.2) is 0 Å². The lowest BCUT2D eigenvalue weighted by Crippen LogP contribution is -2.34. The summed E-state index contributed by atoms with van der Waals surface area (Å²) in [6, 6.07) is 4.11. The predicted octanol–water partition coefficient (Wildman–Crippen LogP) is 1.82. The molecule has 2 rings (SSSR count). The first-order chi connectivity index (χ1) is 7.29. The van der Waals surface area contributed by atoms with Crippen LogP contribution in [0.5, 0.6) is 0 Å². The molecule has 1 aliphatic heterocycles. The van der Waals surface area contributed by atoms with E-state index in [2.05, 4.69) is 21.1 Å². The summed E-state index contributed by atoms with van der Waals surface area (Å²) >= 11 is 0. The lowest BCUT2D eigenvalue weighted by molar-refractivity contribution is 0.315. The summed E-state index contributed by atoms with van der Waals surface area (Å²) < 4.78 is 0. The fraction of sp³-hybridized carbons (Fsp3) is 0.455. The maximum atomic E-state index is 8.64. The first-order valence-corrected chi connectivity index (χ1v) is 5.17. The van der Waals surface area contributed by atoms with Crippen LogP contribution in [-0.2, 0) is 0 Å². The van der Waals surface area contributed by atoms with E-state index in [1.165, 1.54) is 5.56 Å². The van der Waals surface area contributed by atoms with E-state index in [1.807, 2.05) is 19.2 Å². The van der Waals surface area contributed by atoms with Crippen LogP contribution in [0.1, 0.15) is 18.4 Å². The third-order valence-electron chi connectivity index (χ3n) is 2.70. The molecule has 1 aromatic rings. The Hall–Kier alpha value is -1.58. The third kappa shape index (κ3) is 2.26. The van der Waals surface area contributed by atoms with Gasteiger partial charge in [0.2, 0.25) is 0 Å². The number of hydrogen-bond donors (Lipinski definition) is 1. The molecule has 1 N–H and O–H groups in total. The molecule has 0 spiro atoms. The molecule has 0 radical (unpaired) electrons. The Balaban J connectivity index is 2.04. The number of anilines is 1. The molecule has 2 heterocycles. The van der Waals surface area contributed by atoms with Crippen molar-refractivity contribution in [3.63, 3.8) is 0 Å². The van der Waals surface area contributed by atoms with Gasteiger partial charge in [-0.15, -0.1) is 0 Å². The number of aromatic nitrogens is 1. The summed E-state index contributed by atoms with van der Waals surface area (Å²) in [5.74, 6) is 1.01. The van der Waals surface area contributed by atoms with Crippen molar-refractivity contribution < 1.29 is 5.21 Å². The molecule has 1 aromatic heterocycles. The number of piperidine rings is 1. The van der Waals surface area contributed by atoms with Gasteiger partial charge in [0.25, 0.3) is 0 Å². The number of hydrogen-bond acceptors (Lipinski definition) is 4. The molecule has 80 valence electrons. The number of pyridine rings is 1. The van der Waals surface area contributed by atoms with Crippen molar-refractivity contribution in [3.05, 3.63) is 23.9 Å². The van der Waals surface area contributed by atoms with Crippen molar-refractivity contribution in [2.24, 2.45) is 5.16 Å². The maximum absolute atomic E-state index is 8.64. The smallest absolute Gasteiger partial charge is 0.128 e. The summed E-state index contributed by atoms with van der Waals surface area (Å²) in [7, 11) is 0. The average molecular weight is 205 g/mol. The summed E-state index contributed by atoms with van der Waals surface area (Å²) in [6.07, 6.45) is 3.53. The molecular formula is C11H15N3O. The second-order valence-corrected chi connectivity index (χ2v) is 3.85. The van der Waals surface area contributed by atoms with Crippen molar-refractivity contribution >= 4 is 11.5 Å². The average Bonchev–Trinajstić information content (AvgIpc) is 2.30. The van der Waals surface area contributed by atoms with Crippen LogP contribution in [-0.4, -0.2) is 29.0 Å². The minimum atomic E-state index is 0.825. The van der Waals surface area contributed by atoms with Gasteiger partial charge in [-0.05, 0) is 18.6 Å². The molecule has 0 aliphatic carbocycles. The van der Waals surface area contributed by atoms with Crippen LogP contribution >= 0.6 is 0 Å².